The molecule has 1 N–H and O–H groups in total. The lowest BCUT2D eigenvalue weighted by atomic mass is 10.2. The van der Waals surface area contributed by atoms with Crippen LogP contribution in [0.2, 0.25) is 0 Å². The van der Waals surface area contributed by atoms with Crippen molar-refractivity contribution in [2.75, 3.05) is 12.8 Å². The van der Waals surface area contributed by atoms with E-state index in [1.807, 2.05) is 43.2 Å². The van der Waals surface area contributed by atoms with Gasteiger partial charge in [0.05, 0.1) is 0 Å². The molecule has 0 fully saturated rings. The Morgan fingerprint density at radius 1 is 1.26 bits per heavy atom. The van der Waals surface area contributed by atoms with Crippen molar-refractivity contribution in [1.29, 1.82) is 0 Å². The summed E-state index contributed by atoms with van der Waals surface area (Å²) in [7, 11) is 2.01. The van der Waals surface area contributed by atoms with Gasteiger partial charge < -0.3 is 5.32 Å². The first-order valence-electron chi connectivity index (χ1n) is 6.23. The second kappa shape index (κ2) is 7.68. The molecular formula is C15H17BrN2S. The number of thioether (sulfide) groups is 1. The van der Waals surface area contributed by atoms with Crippen LogP contribution in [0.1, 0.15) is 5.69 Å². The second-order valence-corrected chi connectivity index (χ2v) is 6.29. The number of hydrogen-bond donors (Lipinski definition) is 1. The van der Waals surface area contributed by atoms with Gasteiger partial charge in [-0.15, -0.1) is 11.8 Å². The molecule has 2 aromatic rings. The van der Waals surface area contributed by atoms with E-state index in [4.69, 9.17) is 0 Å². The molecule has 1 unspecified atom stereocenters. The first-order chi connectivity index (χ1) is 9.28. The van der Waals surface area contributed by atoms with Gasteiger partial charge in [-0.25, -0.2) is 0 Å². The highest BCUT2D eigenvalue weighted by molar-refractivity contribution is 9.10. The SMILES string of the molecule is CNC(CSc1cccc(Br)c1)Cc1ccccn1. The molecule has 1 atom stereocenters. The molecule has 0 aliphatic rings. The summed E-state index contributed by atoms with van der Waals surface area (Å²) in [5, 5.41) is 3.36. The molecule has 1 aromatic carbocycles. The smallest absolute Gasteiger partial charge is 0.0419 e. The van der Waals surface area contributed by atoms with E-state index in [0.29, 0.717) is 6.04 Å². The fourth-order valence-corrected chi connectivity index (χ4v) is 3.38. The molecule has 1 aromatic heterocycles. The Balaban J connectivity index is 1.89. The lowest BCUT2D eigenvalue weighted by molar-refractivity contribution is 0.609. The van der Waals surface area contributed by atoms with Gasteiger partial charge >= 0.3 is 0 Å². The van der Waals surface area contributed by atoms with Gasteiger partial charge in [0.2, 0.25) is 0 Å². The molecule has 2 nitrogen and oxygen atoms in total. The molecule has 0 bridgehead atoms. The number of nitrogens with one attached hydrogen (secondary N) is 1. The largest absolute Gasteiger partial charge is 0.316 e. The van der Waals surface area contributed by atoms with Crippen molar-refractivity contribution in [3.05, 3.63) is 58.8 Å². The summed E-state index contributed by atoms with van der Waals surface area (Å²) in [5.41, 5.74) is 1.14. The molecule has 0 saturated carbocycles. The highest BCUT2D eigenvalue weighted by Gasteiger charge is 2.08. The van der Waals surface area contributed by atoms with E-state index < -0.39 is 0 Å². The number of hydrogen-bond acceptors (Lipinski definition) is 3. The van der Waals surface area contributed by atoms with Crippen molar-refractivity contribution in [1.82, 2.24) is 10.3 Å². The number of nitrogens with zero attached hydrogens (tertiary/aromatic N) is 1. The van der Waals surface area contributed by atoms with Gasteiger partial charge in [0.15, 0.2) is 0 Å². The first kappa shape index (κ1) is 14.6. The number of likely N-dealkylation sites (N-methyl/N-ethyl adjacent to an activating group) is 1. The maximum Gasteiger partial charge on any atom is 0.0419 e. The van der Waals surface area contributed by atoms with Crippen LogP contribution in [0.5, 0.6) is 0 Å². The summed E-state index contributed by atoms with van der Waals surface area (Å²) in [6.45, 7) is 0. The Labute approximate surface area is 127 Å². The summed E-state index contributed by atoms with van der Waals surface area (Å²) in [5.74, 6) is 1.03. The fraction of sp³-hybridized carbons (Fsp3) is 0.267. The van der Waals surface area contributed by atoms with Crippen molar-refractivity contribution in [3.8, 4) is 0 Å². The van der Waals surface area contributed by atoms with Gasteiger partial charge in [-0.2, -0.15) is 0 Å². The third kappa shape index (κ3) is 4.97. The molecule has 0 aliphatic heterocycles. The van der Waals surface area contributed by atoms with Crippen LogP contribution >= 0.6 is 27.7 Å². The second-order valence-electron chi connectivity index (χ2n) is 4.28. The van der Waals surface area contributed by atoms with Crippen LogP contribution in [0, 0.1) is 0 Å². The summed E-state index contributed by atoms with van der Waals surface area (Å²) < 4.78 is 1.13. The van der Waals surface area contributed by atoms with Crippen molar-refractivity contribution in [2.24, 2.45) is 0 Å². The summed E-state index contributed by atoms with van der Waals surface area (Å²) in [4.78, 5) is 5.67. The lowest BCUT2D eigenvalue weighted by Crippen LogP contribution is -2.30. The Morgan fingerprint density at radius 2 is 2.16 bits per heavy atom. The van der Waals surface area contributed by atoms with E-state index in [0.717, 1.165) is 22.3 Å². The summed E-state index contributed by atoms with van der Waals surface area (Å²) in [6.07, 6.45) is 2.81. The van der Waals surface area contributed by atoms with Gasteiger partial charge in [-0.1, -0.05) is 28.1 Å². The number of halogens is 1. The van der Waals surface area contributed by atoms with Gasteiger partial charge in [0, 0.05) is 39.5 Å². The zero-order valence-corrected chi connectivity index (χ0v) is 13.2. The predicted molar refractivity (Wildman–Crippen MR) is 85.7 cm³/mol. The topological polar surface area (TPSA) is 24.9 Å². The highest BCUT2D eigenvalue weighted by Crippen LogP contribution is 2.23. The number of rotatable bonds is 6. The Hall–Kier alpha value is -0.840. The third-order valence-electron chi connectivity index (χ3n) is 2.84. The first-order valence-corrected chi connectivity index (χ1v) is 8.01. The normalized spacial score (nSPS) is 12.3. The van der Waals surface area contributed by atoms with Crippen LogP contribution in [-0.4, -0.2) is 23.8 Å². The van der Waals surface area contributed by atoms with E-state index in [1.165, 1.54) is 4.90 Å². The minimum Gasteiger partial charge on any atom is -0.316 e. The molecule has 0 amide bonds. The predicted octanol–water partition coefficient (Wildman–Crippen LogP) is 3.77. The van der Waals surface area contributed by atoms with Crippen LogP contribution in [-0.2, 0) is 6.42 Å². The van der Waals surface area contributed by atoms with E-state index in [1.54, 1.807) is 0 Å². The van der Waals surface area contributed by atoms with Crippen LogP contribution in [0.15, 0.2) is 58.0 Å². The van der Waals surface area contributed by atoms with Gasteiger partial charge in [-0.3, -0.25) is 4.98 Å². The molecule has 0 radical (unpaired) electrons. The minimum atomic E-state index is 0.430. The molecule has 1 heterocycles. The standard InChI is InChI=1S/C15H17BrN2S/c1-17-14(10-13-6-2-3-8-18-13)11-19-15-7-4-5-12(16)9-15/h2-9,14,17H,10-11H2,1H3. The molecule has 2 rings (SSSR count). The fourth-order valence-electron chi connectivity index (χ4n) is 1.77. The lowest BCUT2D eigenvalue weighted by Gasteiger charge is -2.15. The summed E-state index contributed by atoms with van der Waals surface area (Å²) in [6, 6.07) is 14.9. The Bertz CT molecular complexity index is 505. The number of benzene rings is 1. The average Bonchev–Trinajstić information content (AvgIpc) is 2.44. The number of aromatic nitrogens is 1. The summed E-state index contributed by atoms with van der Waals surface area (Å²) >= 11 is 5.37. The van der Waals surface area contributed by atoms with Crippen molar-refractivity contribution in [3.63, 3.8) is 0 Å². The minimum absolute atomic E-state index is 0.430. The molecule has 0 spiro atoms. The van der Waals surface area contributed by atoms with Crippen molar-refractivity contribution in [2.45, 2.75) is 17.4 Å². The maximum atomic E-state index is 4.38. The van der Waals surface area contributed by atoms with Crippen LogP contribution in [0.4, 0.5) is 0 Å². The van der Waals surface area contributed by atoms with E-state index in [9.17, 15) is 0 Å². The molecular weight excluding hydrogens is 320 g/mol. The Morgan fingerprint density at radius 3 is 2.84 bits per heavy atom. The van der Waals surface area contributed by atoms with Gasteiger partial charge in [-0.05, 0) is 37.4 Å². The van der Waals surface area contributed by atoms with Gasteiger partial charge in [0.1, 0.15) is 0 Å². The average molecular weight is 337 g/mol. The molecule has 19 heavy (non-hydrogen) atoms. The molecule has 4 heteroatoms. The third-order valence-corrected chi connectivity index (χ3v) is 4.49. The van der Waals surface area contributed by atoms with E-state index >= 15 is 0 Å². The van der Waals surface area contributed by atoms with E-state index in [-0.39, 0.29) is 0 Å². The van der Waals surface area contributed by atoms with Crippen LogP contribution < -0.4 is 5.32 Å². The van der Waals surface area contributed by atoms with Crippen molar-refractivity contribution >= 4 is 27.7 Å². The Kier molecular flexibility index (Phi) is 5.89. The zero-order chi connectivity index (χ0) is 13.5. The molecule has 100 valence electrons. The van der Waals surface area contributed by atoms with Crippen molar-refractivity contribution < 1.29 is 0 Å². The maximum absolute atomic E-state index is 4.38. The molecule has 0 aliphatic carbocycles. The highest BCUT2D eigenvalue weighted by atomic mass is 79.9. The quantitative estimate of drug-likeness (QED) is 0.813. The van der Waals surface area contributed by atoms with Gasteiger partial charge in [0.25, 0.3) is 0 Å². The van der Waals surface area contributed by atoms with E-state index in [2.05, 4.69) is 50.5 Å². The van der Waals surface area contributed by atoms with Crippen LogP contribution in [0.3, 0.4) is 0 Å². The number of pyridine rings is 1. The zero-order valence-electron chi connectivity index (χ0n) is 10.8. The molecule has 0 saturated heterocycles. The monoisotopic (exact) mass is 336 g/mol. The van der Waals surface area contributed by atoms with Crippen LogP contribution in [0.25, 0.3) is 0 Å².